The zero-order valence-corrected chi connectivity index (χ0v) is 10.5. The molecule has 1 unspecified atom stereocenters. The van der Waals surface area contributed by atoms with E-state index in [2.05, 4.69) is 27.2 Å². The molecule has 2 aromatic rings. The van der Waals surface area contributed by atoms with Crippen LogP contribution in [0.15, 0.2) is 33.2 Å². The zero-order valence-electron chi connectivity index (χ0n) is 8.96. The fourth-order valence-corrected chi connectivity index (χ4v) is 2.14. The Morgan fingerprint density at radius 3 is 3.00 bits per heavy atom. The van der Waals surface area contributed by atoms with Crippen LogP contribution in [0, 0.1) is 12.3 Å². The molecule has 0 saturated carbocycles. The van der Waals surface area contributed by atoms with Crippen LogP contribution in [0.2, 0.25) is 0 Å². The van der Waals surface area contributed by atoms with Gasteiger partial charge in [-0.1, -0.05) is 12.1 Å². The van der Waals surface area contributed by atoms with Crippen LogP contribution in [0.3, 0.4) is 0 Å². The van der Waals surface area contributed by atoms with Gasteiger partial charge in [0.05, 0.1) is 10.5 Å². The maximum Gasteiger partial charge on any atom is 0.148 e. The second-order valence-electron chi connectivity index (χ2n) is 3.56. The van der Waals surface area contributed by atoms with Crippen molar-refractivity contribution < 1.29 is 4.42 Å². The van der Waals surface area contributed by atoms with Crippen molar-refractivity contribution in [2.75, 3.05) is 7.05 Å². The molecule has 0 radical (unpaired) electrons. The molecule has 0 aliphatic carbocycles. The molecular formula is C13H12BrNO. The average molecular weight is 278 g/mol. The summed E-state index contributed by atoms with van der Waals surface area (Å²) in [5.41, 5.74) is 0.870. The van der Waals surface area contributed by atoms with Crippen LogP contribution in [-0.2, 0) is 0 Å². The summed E-state index contributed by atoms with van der Waals surface area (Å²) in [6.45, 7) is 0. The molecule has 0 fully saturated rings. The molecule has 1 heterocycles. The van der Waals surface area contributed by atoms with Gasteiger partial charge in [0.15, 0.2) is 0 Å². The van der Waals surface area contributed by atoms with E-state index < -0.39 is 0 Å². The van der Waals surface area contributed by atoms with Gasteiger partial charge >= 0.3 is 0 Å². The third kappa shape index (κ3) is 1.99. The van der Waals surface area contributed by atoms with Gasteiger partial charge in [0.25, 0.3) is 0 Å². The maximum atomic E-state index is 5.80. The van der Waals surface area contributed by atoms with Gasteiger partial charge in [0.1, 0.15) is 11.3 Å². The minimum atomic E-state index is 0.0734. The van der Waals surface area contributed by atoms with E-state index in [0.717, 1.165) is 21.2 Å². The van der Waals surface area contributed by atoms with Crippen molar-refractivity contribution in [1.82, 2.24) is 5.32 Å². The summed E-state index contributed by atoms with van der Waals surface area (Å²) in [6, 6.07) is 8.07. The number of halogens is 1. The Balaban J connectivity index is 2.46. The number of benzene rings is 1. The number of fused-ring (bicyclic) bond motifs is 1. The van der Waals surface area contributed by atoms with E-state index in [1.54, 1.807) is 0 Å². The Kier molecular flexibility index (Phi) is 3.33. The van der Waals surface area contributed by atoms with E-state index in [9.17, 15) is 0 Å². The normalized spacial score (nSPS) is 12.6. The summed E-state index contributed by atoms with van der Waals surface area (Å²) in [5, 5.41) is 4.23. The summed E-state index contributed by atoms with van der Waals surface area (Å²) in [4.78, 5) is 0. The van der Waals surface area contributed by atoms with Gasteiger partial charge in [0.2, 0.25) is 0 Å². The Labute approximate surface area is 103 Å². The van der Waals surface area contributed by atoms with Crippen LogP contribution < -0.4 is 5.32 Å². The van der Waals surface area contributed by atoms with Crippen molar-refractivity contribution in [2.45, 2.75) is 12.5 Å². The summed E-state index contributed by atoms with van der Waals surface area (Å²) >= 11 is 3.47. The molecule has 0 amide bonds. The van der Waals surface area contributed by atoms with Gasteiger partial charge in [-0.15, -0.1) is 12.3 Å². The number of terminal acetylenes is 1. The van der Waals surface area contributed by atoms with Gasteiger partial charge in [-0.2, -0.15) is 0 Å². The van der Waals surface area contributed by atoms with Crippen LogP contribution in [0.1, 0.15) is 18.2 Å². The second-order valence-corrected chi connectivity index (χ2v) is 4.41. The molecule has 16 heavy (non-hydrogen) atoms. The third-order valence-corrected chi connectivity index (χ3v) is 3.15. The highest BCUT2D eigenvalue weighted by Gasteiger charge is 2.14. The van der Waals surface area contributed by atoms with Gasteiger partial charge in [-0.25, -0.2) is 0 Å². The summed E-state index contributed by atoms with van der Waals surface area (Å²) < 4.78 is 6.76. The summed E-state index contributed by atoms with van der Waals surface area (Å²) in [5.74, 6) is 3.52. The predicted molar refractivity (Wildman–Crippen MR) is 69.2 cm³/mol. The van der Waals surface area contributed by atoms with E-state index in [0.29, 0.717) is 6.42 Å². The Bertz CT molecular complexity index is 538. The van der Waals surface area contributed by atoms with Gasteiger partial charge in [0, 0.05) is 11.8 Å². The maximum absolute atomic E-state index is 5.80. The van der Waals surface area contributed by atoms with Crippen LogP contribution in [0.4, 0.5) is 0 Å². The quantitative estimate of drug-likeness (QED) is 0.869. The lowest BCUT2D eigenvalue weighted by atomic mass is 10.1. The molecule has 2 nitrogen and oxygen atoms in total. The van der Waals surface area contributed by atoms with Crippen LogP contribution in [0.5, 0.6) is 0 Å². The Morgan fingerprint density at radius 1 is 1.56 bits per heavy atom. The number of furan rings is 1. The van der Waals surface area contributed by atoms with Crippen molar-refractivity contribution >= 4 is 26.9 Å². The van der Waals surface area contributed by atoms with Crippen molar-refractivity contribution in [2.24, 2.45) is 0 Å². The average Bonchev–Trinajstić information content (AvgIpc) is 2.71. The Morgan fingerprint density at radius 2 is 2.38 bits per heavy atom. The lowest BCUT2D eigenvalue weighted by molar-refractivity contribution is 0.458. The molecule has 0 bridgehead atoms. The molecule has 1 aromatic carbocycles. The first-order chi connectivity index (χ1) is 7.76. The second kappa shape index (κ2) is 4.73. The smallest absolute Gasteiger partial charge is 0.148 e. The van der Waals surface area contributed by atoms with Crippen molar-refractivity contribution in [1.29, 1.82) is 0 Å². The topological polar surface area (TPSA) is 25.2 Å². The summed E-state index contributed by atoms with van der Waals surface area (Å²) in [7, 11) is 1.88. The molecule has 1 atom stereocenters. The SMILES string of the molecule is C#CCC(NC)c1cc2cccc(Br)c2o1. The standard InChI is InChI=1S/C13H12BrNO/c1-3-5-11(15-2)12-8-9-6-4-7-10(14)13(9)16-12/h1,4,6-8,11,15H,5H2,2H3. The molecule has 82 valence electrons. The first kappa shape index (κ1) is 11.3. The highest BCUT2D eigenvalue weighted by Crippen LogP contribution is 2.30. The predicted octanol–water partition coefficient (Wildman–Crippen LogP) is 3.48. The first-order valence-corrected chi connectivity index (χ1v) is 5.84. The van der Waals surface area contributed by atoms with E-state index in [4.69, 9.17) is 10.8 Å². The fraction of sp³-hybridized carbons (Fsp3) is 0.231. The van der Waals surface area contributed by atoms with Crippen LogP contribution in [0.25, 0.3) is 11.0 Å². The molecule has 0 aliphatic heterocycles. The van der Waals surface area contributed by atoms with Crippen molar-refractivity contribution in [3.63, 3.8) is 0 Å². The zero-order chi connectivity index (χ0) is 11.5. The monoisotopic (exact) mass is 277 g/mol. The lowest BCUT2D eigenvalue weighted by Gasteiger charge is -2.08. The van der Waals surface area contributed by atoms with E-state index >= 15 is 0 Å². The van der Waals surface area contributed by atoms with E-state index in [1.807, 2.05) is 31.3 Å². The molecular weight excluding hydrogens is 266 g/mol. The number of rotatable bonds is 3. The van der Waals surface area contributed by atoms with Gasteiger partial charge in [-0.3, -0.25) is 0 Å². The molecule has 1 aromatic heterocycles. The van der Waals surface area contributed by atoms with Crippen molar-refractivity contribution in [3.05, 3.63) is 34.5 Å². The minimum absolute atomic E-state index is 0.0734. The molecule has 1 N–H and O–H groups in total. The largest absolute Gasteiger partial charge is 0.458 e. The molecule has 0 saturated heterocycles. The third-order valence-electron chi connectivity index (χ3n) is 2.53. The number of hydrogen-bond donors (Lipinski definition) is 1. The molecule has 0 spiro atoms. The van der Waals surface area contributed by atoms with E-state index in [-0.39, 0.29) is 6.04 Å². The van der Waals surface area contributed by atoms with Crippen LogP contribution >= 0.6 is 15.9 Å². The number of nitrogens with one attached hydrogen (secondary N) is 1. The van der Waals surface area contributed by atoms with Crippen LogP contribution in [-0.4, -0.2) is 7.05 Å². The summed E-state index contributed by atoms with van der Waals surface area (Å²) in [6.07, 6.45) is 5.94. The van der Waals surface area contributed by atoms with Gasteiger partial charge < -0.3 is 9.73 Å². The molecule has 2 rings (SSSR count). The fourth-order valence-electron chi connectivity index (χ4n) is 1.68. The first-order valence-electron chi connectivity index (χ1n) is 5.05. The molecule has 3 heteroatoms. The lowest BCUT2D eigenvalue weighted by Crippen LogP contribution is -2.14. The van der Waals surface area contributed by atoms with Gasteiger partial charge in [-0.05, 0) is 35.1 Å². The minimum Gasteiger partial charge on any atom is -0.458 e. The Hall–Kier alpha value is -1.24. The highest BCUT2D eigenvalue weighted by molar-refractivity contribution is 9.10. The van der Waals surface area contributed by atoms with E-state index in [1.165, 1.54) is 0 Å². The molecule has 0 aliphatic rings. The number of para-hydroxylation sites is 1. The van der Waals surface area contributed by atoms with Crippen molar-refractivity contribution in [3.8, 4) is 12.3 Å². The number of hydrogen-bond acceptors (Lipinski definition) is 2. The highest BCUT2D eigenvalue weighted by atomic mass is 79.9.